The molecular weight excluding hydrogens is 119 g/mol. The molecule has 0 amide bonds. The van der Waals surface area contributed by atoms with Crippen molar-refractivity contribution in [3.63, 3.8) is 0 Å². The van der Waals surface area contributed by atoms with E-state index in [1.54, 1.807) is 6.20 Å². The molecule has 0 aliphatic carbocycles. The molecule has 9 heavy (non-hydrogen) atoms. The Balaban J connectivity index is 2.90. The van der Waals surface area contributed by atoms with Gasteiger partial charge in [0.15, 0.2) is 5.67 Å². The second kappa shape index (κ2) is 1.83. The zero-order chi connectivity index (χ0) is 6.91. The summed E-state index contributed by atoms with van der Waals surface area (Å²) in [6.45, 7) is 2.93. The van der Waals surface area contributed by atoms with Crippen LogP contribution in [0.4, 0.5) is 4.39 Å². The number of nitrogens with zero attached hydrogens (tertiary/aromatic N) is 1. The Hall–Kier alpha value is -0.860. The highest BCUT2D eigenvalue weighted by atomic mass is 19.1. The van der Waals surface area contributed by atoms with Gasteiger partial charge in [0.25, 0.3) is 0 Å². The van der Waals surface area contributed by atoms with Crippen LogP contribution in [0, 0.1) is 0 Å². The highest BCUT2D eigenvalue weighted by Crippen LogP contribution is 2.19. The van der Waals surface area contributed by atoms with Crippen molar-refractivity contribution >= 4 is 0 Å². The number of hydrogen-bond acceptors (Lipinski definition) is 1. The van der Waals surface area contributed by atoms with Crippen LogP contribution in [0.25, 0.3) is 0 Å². The fraction of sp³-hybridized carbons (Fsp3) is 0.500. The van der Waals surface area contributed by atoms with Gasteiger partial charge in [0, 0.05) is 12.4 Å². The van der Waals surface area contributed by atoms with Crippen molar-refractivity contribution < 1.29 is 4.39 Å². The summed E-state index contributed by atoms with van der Waals surface area (Å²) >= 11 is 0. The van der Waals surface area contributed by atoms with Crippen LogP contribution >= 0.6 is 0 Å². The molecule has 50 valence electrons. The van der Waals surface area contributed by atoms with Gasteiger partial charge in [0.2, 0.25) is 0 Å². The van der Waals surface area contributed by atoms with Gasteiger partial charge in [0.05, 0.1) is 0 Å². The van der Waals surface area contributed by atoms with Gasteiger partial charge in [-0.1, -0.05) is 0 Å². The van der Waals surface area contributed by atoms with Crippen LogP contribution in [0.2, 0.25) is 0 Å². The number of halogens is 1. The first-order chi connectivity index (χ1) is 4.11. The van der Waals surface area contributed by atoms with E-state index in [2.05, 4.69) is 9.97 Å². The largest absolute Gasteiger partial charge is 0.346 e. The van der Waals surface area contributed by atoms with Crippen molar-refractivity contribution in [2.75, 3.05) is 0 Å². The maximum atomic E-state index is 12.9. The fourth-order valence-corrected chi connectivity index (χ4v) is 0.590. The van der Waals surface area contributed by atoms with Crippen LogP contribution in [-0.2, 0) is 5.67 Å². The molecule has 0 atom stereocenters. The van der Waals surface area contributed by atoms with Crippen molar-refractivity contribution in [3.05, 3.63) is 18.2 Å². The van der Waals surface area contributed by atoms with Crippen molar-refractivity contribution in [1.29, 1.82) is 0 Å². The van der Waals surface area contributed by atoms with E-state index < -0.39 is 5.67 Å². The minimum Gasteiger partial charge on any atom is -0.346 e. The Morgan fingerprint density at radius 1 is 1.67 bits per heavy atom. The lowest BCUT2D eigenvalue weighted by Crippen LogP contribution is -2.10. The Morgan fingerprint density at radius 2 is 2.33 bits per heavy atom. The van der Waals surface area contributed by atoms with Crippen LogP contribution in [0.5, 0.6) is 0 Å². The van der Waals surface area contributed by atoms with Crippen LogP contribution in [0.3, 0.4) is 0 Å². The molecule has 0 aliphatic rings. The Bertz CT molecular complexity index is 173. The van der Waals surface area contributed by atoms with Crippen molar-refractivity contribution in [3.8, 4) is 0 Å². The molecule has 1 aromatic rings. The third-order valence-electron chi connectivity index (χ3n) is 1.06. The van der Waals surface area contributed by atoms with E-state index in [-0.39, 0.29) is 0 Å². The van der Waals surface area contributed by atoms with Gasteiger partial charge < -0.3 is 4.98 Å². The first-order valence-electron chi connectivity index (χ1n) is 2.79. The van der Waals surface area contributed by atoms with Gasteiger partial charge in [-0.2, -0.15) is 0 Å². The highest BCUT2D eigenvalue weighted by Gasteiger charge is 2.20. The van der Waals surface area contributed by atoms with Crippen LogP contribution < -0.4 is 0 Å². The predicted molar refractivity (Wildman–Crippen MR) is 32.7 cm³/mol. The zero-order valence-corrected chi connectivity index (χ0v) is 5.48. The topological polar surface area (TPSA) is 28.7 Å². The number of hydrogen-bond donors (Lipinski definition) is 1. The summed E-state index contributed by atoms with van der Waals surface area (Å²) in [4.78, 5) is 6.45. The molecule has 0 radical (unpaired) electrons. The molecule has 0 bridgehead atoms. The summed E-state index contributed by atoms with van der Waals surface area (Å²) in [5.74, 6) is 0.377. The minimum atomic E-state index is -1.34. The number of H-pyrrole nitrogens is 1. The molecule has 0 spiro atoms. The number of imidazole rings is 1. The van der Waals surface area contributed by atoms with Gasteiger partial charge in [-0.3, -0.25) is 0 Å². The second-order valence-electron chi connectivity index (χ2n) is 2.41. The average molecular weight is 128 g/mol. The monoisotopic (exact) mass is 128 g/mol. The Kier molecular flexibility index (Phi) is 1.27. The first-order valence-corrected chi connectivity index (χ1v) is 2.79. The molecule has 1 N–H and O–H groups in total. The quantitative estimate of drug-likeness (QED) is 0.611. The number of rotatable bonds is 1. The Morgan fingerprint density at radius 3 is 2.56 bits per heavy atom. The van der Waals surface area contributed by atoms with E-state index in [0.717, 1.165) is 0 Å². The normalized spacial score (nSPS) is 11.9. The van der Waals surface area contributed by atoms with Crippen LogP contribution in [-0.4, -0.2) is 9.97 Å². The highest BCUT2D eigenvalue weighted by molar-refractivity contribution is 4.97. The van der Waals surface area contributed by atoms with Crippen molar-refractivity contribution in [2.24, 2.45) is 0 Å². The number of nitrogens with one attached hydrogen (secondary N) is 1. The molecule has 0 fully saturated rings. The SMILES string of the molecule is CC(C)(F)c1ncc[nH]1. The molecular formula is C6H9FN2. The van der Waals surface area contributed by atoms with E-state index >= 15 is 0 Å². The van der Waals surface area contributed by atoms with E-state index in [1.165, 1.54) is 20.0 Å². The maximum Gasteiger partial charge on any atom is 0.162 e. The molecule has 1 rings (SSSR count). The van der Waals surface area contributed by atoms with E-state index in [9.17, 15) is 4.39 Å². The third-order valence-corrected chi connectivity index (χ3v) is 1.06. The second-order valence-corrected chi connectivity index (χ2v) is 2.41. The maximum absolute atomic E-state index is 12.9. The van der Waals surface area contributed by atoms with E-state index in [1.807, 2.05) is 0 Å². The summed E-state index contributed by atoms with van der Waals surface area (Å²) < 4.78 is 12.9. The van der Waals surface area contributed by atoms with Crippen LogP contribution in [0.1, 0.15) is 19.7 Å². The number of aromatic nitrogens is 2. The lowest BCUT2D eigenvalue weighted by atomic mass is 10.2. The van der Waals surface area contributed by atoms with Gasteiger partial charge >= 0.3 is 0 Å². The van der Waals surface area contributed by atoms with Gasteiger partial charge in [0.1, 0.15) is 5.82 Å². The van der Waals surface area contributed by atoms with Gasteiger partial charge in [-0.05, 0) is 13.8 Å². The van der Waals surface area contributed by atoms with Crippen LogP contribution in [0.15, 0.2) is 12.4 Å². The fourth-order valence-electron chi connectivity index (χ4n) is 0.590. The summed E-state index contributed by atoms with van der Waals surface area (Å²) in [6, 6.07) is 0. The van der Waals surface area contributed by atoms with E-state index in [4.69, 9.17) is 0 Å². The Labute approximate surface area is 53.1 Å². The van der Waals surface area contributed by atoms with Crippen molar-refractivity contribution in [1.82, 2.24) is 9.97 Å². The van der Waals surface area contributed by atoms with Crippen molar-refractivity contribution in [2.45, 2.75) is 19.5 Å². The first kappa shape index (κ1) is 6.26. The zero-order valence-electron chi connectivity index (χ0n) is 5.48. The molecule has 3 heteroatoms. The molecule has 0 unspecified atom stereocenters. The molecule has 1 aromatic heterocycles. The smallest absolute Gasteiger partial charge is 0.162 e. The lowest BCUT2D eigenvalue weighted by molar-refractivity contribution is 0.208. The molecule has 0 saturated carbocycles. The molecule has 0 aliphatic heterocycles. The molecule has 0 aromatic carbocycles. The molecule has 2 nitrogen and oxygen atoms in total. The number of alkyl halides is 1. The third kappa shape index (κ3) is 1.28. The lowest BCUT2D eigenvalue weighted by Gasteiger charge is -2.08. The summed E-state index contributed by atoms with van der Waals surface area (Å²) in [6.07, 6.45) is 3.15. The molecule has 1 heterocycles. The summed E-state index contributed by atoms with van der Waals surface area (Å²) in [5.41, 5.74) is -1.34. The average Bonchev–Trinajstić information content (AvgIpc) is 2.08. The predicted octanol–water partition coefficient (Wildman–Crippen LogP) is 1.61. The summed E-state index contributed by atoms with van der Waals surface area (Å²) in [5, 5.41) is 0. The summed E-state index contributed by atoms with van der Waals surface area (Å²) in [7, 11) is 0. The standard InChI is InChI=1S/C6H9FN2/c1-6(2,7)5-8-3-4-9-5/h3-4H,1-2H3,(H,8,9). The molecule has 0 saturated heterocycles. The number of aromatic amines is 1. The van der Waals surface area contributed by atoms with Gasteiger partial charge in [-0.15, -0.1) is 0 Å². The minimum absolute atomic E-state index is 0.377. The van der Waals surface area contributed by atoms with Gasteiger partial charge in [-0.25, -0.2) is 9.37 Å². The van der Waals surface area contributed by atoms with E-state index in [0.29, 0.717) is 5.82 Å².